The van der Waals surface area contributed by atoms with Crippen LogP contribution in [-0.2, 0) is 5.41 Å². The molecule has 0 aromatic heterocycles. The summed E-state index contributed by atoms with van der Waals surface area (Å²) in [7, 11) is 0. The molecular formula is C20H26S. The Balaban J connectivity index is 2.08. The Morgan fingerprint density at radius 1 is 1.14 bits per heavy atom. The van der Waals surface area contributed by atoms with Crippen molar-refractivity contribution in [2.24, 2.45) is 17.3 Å². The van der Waals surface area contributed by atoms with E-state index in [1.165, 1.54) is 31.2 Å². The summed E-state index contributed by atoms with van der Waals surface area (Å²) in [5.41, 5.74) is 3.71. The van der Waals surface area contributed by atoms with Crippen LogP contribution in [0.3, 0.4) is 0 Å². The molecule has 0 saturated heterocycles. The zero-order chi connectivity index (χ0) is 15.1. The number of rotatable bonds is 2. The highest BCUT2D eigenvalue weighted by atomic mass is 32.1. The lowest BCUT2D eigenvalue weighted by molar-refractivity contribution is 0.0979. The molecule has 4 unspecified atom stereocenters. The third kappa shape index (κ3) is 2.50. The van der Waals surface area contributed by atoms with Crippen molar-refractivity contribution in [2.45, 2.75) is 51.9 Å². The summed E-state index contributed by atoms with van der Waals surface area (Å²) in [6.45, 7) is 7.00. The monoisotopic (exact) mass is 298 g/mol. The standard InChI is InChI=1S/C20H26S/c1-4-18-15(2)10-20(17-8-6-5-7-9-17)12-16(18)11-19(3,13-20)14-21/h4-9,14-16H,10-13H2,1-3H3/b18-4+. The molecule has 2 fully saturated rings. The number of allylic oxidation sites excluding steroid dienone is 2. The molecule has 3 rings (SSSR count). The average molecular weight is 298 g/mol. The van der Waals surface area contributed by atoms with Crippen molar-refractivity contribution in [3.63, 3.8) is 0 Å². The first-order chi connectivity index (χ1) is 10.0. The number of thiocarbonyl (C=S) groups is 1. The Labute approximate surface area is 134 Å². The molecule has 4 atom stereocenters. The van der Waals surface area contributed by atoms with E-state index in [4.69, 9.17) is 12.2 Å². The van der Waals surface area contributed by atoms with Crippen molar-refractivity contribution in [2.75, 3.05) is 0 Å². The number of fused-ring (bicyclic) bond motifs is 2. The van der Waals surface area contributed by atoms with E-state index in [9.17, 15) is 0 Å². The Kier molecular flexibility index (Phi) is 3.81. The van der Waals surface area contributed by atoms with Gasteiger partial charge in [-0.2, -0.15) is 0 Å². The smallest absolute Gasteiger partial charge is 0.00272 e. The molecule has 1 aromatic rings. The molecule has 112 valence electrons. The largest absolute Gasteiger partial charge is 0.0929 e. The Bertz CT molecular complexity index is 554. The van der Waals surface area contributed by atoms with Crippen LogP contribution >= 0.6 is 12.2 Å². The van der Waals surface area contributed by atoms with Gasteiger partial charge in [0.05, 0.1) is 0 Å². The van der Waals surface area contributed by atoms with Gasteiger partial charge in [0.1, 0.15) is 0 Å². The highest BCUT2D eigenvalue weighted by molar-refractivity contribution is 7.79. The topological polar surface area (TPSA) is 0 Å². The second kappa shape index (κ2) is 5.35. The minimum atomic E-state index is 0.197. The van der Waals surface area contributed by atoms with Gasteiger partial charge in [0.15, 0.2) is 0 Å². The maximum atomic E-state index is 5.42. The maximum absolute atomic E-state index is 5.42. The summed E-state index contributed by atoms with van der Waals surface area (Å²) < 4.78 is 0. The molecule has 2 bridgehead atoms. The van der Waals surface area contributed by atoms with Gasteiger partial charge in [-0.25, -0.2) is 0 Å². The van der Waals surface area contributed by atoms with Gasteiger partial charge in [-0.15, -0.1) is 0 Å². The Morgan fingerprint density at radius 2 is 1.86 bits per heavy atom. The summed E-state index contributed by atoms with van der Waals surface area (Å²) >= 11 is 5.42. The van der Waals surface area contributed by atoms with Crippen LogP contribution in [0.5, 0.6) is 0 Å². The molecule has 0 aliphatic heterocycles. The zero-order valence-corrected chi connectivity index (χ0v) is 14.2. The number of hydrogen-bond acceptors (Lipinski definition) is 1. The second-order valence-corrected chi connectivity index (χ2v) is 7.83. The molecule has 0 spiro atoms. The summed E-state index contributed by atoms with van der Waals surface area (Å²) in [5.74, 6) is 1.40. The van der Waals surface area contributed by atoms with Gasteiger partial charge in [0.25, 0.3) is 0 Å². The number of hydrogen-bond donors (Lipinski definition) is 0. The molecule has 0 amide bonds. The van der Waals surface area contributed by atoms with Gasteiger partial charge in [-0.05, 0) is 66.2 Å². The molecule has 0 nitrogen and oxygen atoms in total. The molecule has 0 N–H and O–H groups in total. The molecule has 2 aliphatic rings. The quantitative estimate of drug-likeness (QED) is 0.497. The molecular weight excluding hydrogens is 272 g/mol. The van der Waals surface area contributed by atoms with Crippen molar-refractivity contribution in [1.29, 1.82) is 0 Å². The van der Waals surface area contributed by atoms with Crippen LogP contribution in [0.25, 0.3) is 0 Å². The summed E-state index contributed by atoms with van der Waals surface area (Å²) in [4.78, 5) is 0. The lowest BCUT2D eigenvalue weighted by Crippen LogP contribution is -2.48. The predicted molar refractivity (Wildman–Crippen MR) is 94.8 cm³/mol. The molecule has 21 heavy (non-hydrogen) atoms. The average Bonchev–Trinajstić information content (AvgIpc) is 2.47. The van der Waals surface area contributed by atoms with Crippen molar-refractivity contribution in [1.82, 2.24) is 0 Å². The van der Waals surface area contributed by atoms with Gasteiger partial charge >= 0.3 is 0 Å². The first-order valence-electron chi connectivity index (χ1n) is 8.20. The fourth-order valence-electron chi connectivity index (χ4n) is 5.26. The van der Waals surface area contributed by atoms with E-state index in [1.54, 1.807) is 5.57 Å². The first-order valence-corrected chi connectivity index (χ1v) is 8.67. The molecule has 0 radical (unpaired) electrons. The van der Waals surface area contributed by atoms with Crippen LogP contribution < -0.4 is 0 Å². The van der Waals surface area contributed by atoms with E-state index >= 15 is 0 Å². The van der Waals surface area contributed by atoms with Crippen LogP contribution in [0.1, 0.15) is 52.0 Å². The second-order valence-electron chi connectivity index (χ2n) is 7.59. The van der Waals surface area contributed by atoms with E-state index in [0.717, 1.165) is 0 Å². The normalized spacial score (nSPS) is 41.0. The highest BCUT2D eigenvalue weighted by Gasteiger charge is 2.51. The molecule has 2 saturated carbocycles. The summed E-state index contributed by atoms with van der Waals surface area (Å²) in [6.07, 6.45) is 7.39. The van der Waals surface area contributed by atoms with Crippen LogP contribution in [0.4, 0.5) is 0 Å². The molecule has 2 aliphatic carbocycles. The predicted octanol–water partition coefficient (Wildman–Crippen LogP) is 5.72. The molecule has 1 aromatic carbocycles. The fraction of sp³-hybridized carbons (Fsp3) is 0.550. The van der Waals surface area contributed by atoms with Gasteiger partial charge in [0, 0.05) is 0 Å². The molecule has 1 heteroatoms. The van der Waals surface area contributed by atoms with E-state index in [2.05, 4.69) is 62.5 Å². The first kappa shape index (κ1) is 15.0. The molecule has 0 heterocycles. The number of benzene rings is 1. The Hall–Kier alpha value is -0.950. The minimum absolute atomic E-state index is 0.197. The van der Waals surface area contributed by atoms with Crippen LogP contribution in [0.15, 0.2) is 42.0 Å². The minimum Gasteiger partial charge on any atom is -0.0929 e. The summed E-state index contributed by atoms with van der Waals surface area (Å²) in [6, 6.07) is 11.2. The van der Waals surface area contributed by atoms with E-state index in [1.807, 2.05) is 0 Å². The van der Waals surface area contributed by atoms with E-state index < -0.39 is 0 Å². The van der Waals surface area contributed by atoms with Gasteiger partial charge in [0.2, 0.25) is 0 Å². The lowest BCUT2D eigenvalue weighted by Gasteiger charge is -2.55. The van der Waals surface area contributed by atoms with Gasteiger partial charge in [-0.3, -0.25) is 0 Å². The van der Waals surface area contributed by atoms with Crippen molar-refractivity contribution in [3.05, 3.63) is 47.5 Å². The zero-order valence-electron chi connectivity index (χ0n) is 13.4. The third-order valence-electron chi connectivity index (χ3n) is 5.83. The van der Waals surface area contributed by atoms with Crippen molar-refractivity contribution >= 4 is 17.6 Å². The third-order valence-corrected chi connectivity index (χ3v) is 6.40. The van der Waals surface area contributed by atoms with Crippen molar-refractivity contribution < 1.29 is 0 Å². The Morgan fingerprint density at radius 3 is 2.48 bits per heavy atom. The van der Waals surface area contributed by atoms with Crippen LogP contribution in [-0.4, -0.2) is 5.37 Å². The fourth-order valence-corrected chi connectivity index (χ4v) is 5.44. The van der Waals surface area contributed by atoms with Gasteiger partial charge < -0.3 is 0 Å². The summed E-state index contributed by atoms with van der Waals surface area (Å²) in [5, 5.41) is 2.06. The van der Waals surface area contributed by atoms with Crippen molar-refractivity contribution in [3.8, 4) is 0 Å². The van der Waals surface area contributed by atoms with Crippen LogP contribution in [0.2, 0.25) is 0 Å². The van der Waals surface area contributed by atoms with Crippen LogP contribution in [0, 0.1) is 17.3 Å². The van der Waals surface area contributed by atoms with E-state index in [-0.39, 0.29) is 5.41 Å². The maximum Gasteiger partial charge on any atom is -0.00272 e. The SMILES string of the molecule is C/C=C1\C(C)CC2(c3ccccc3)CC1CC(C)(C=S)C2. The van der Waals surface area contributed by atoms with E-state index in [0.29, 0.717) is 17.3 Å². The lowest BCUT2D eigenvalue weighted by atomic mass is 9.49. The highest BCUT2D eigenvalue weighted by Crippen LogP contribution is 2.59. The van der Waals surface area contributed by atoms with Gasteiger partial charge in [-0.1, -0.05) is 68.0 Å².